The Balaban J connectivity index is 2.20. The molecule has 110 valence electrons. The van der Waals surface area contributed by atoms with Crippen molar-refractivity contribution in [2.75, 3.05) is 0 Å². The smallest absolute Gasteiger partial charge is 0.318 e. The quantitative estimate of drug-likeness (QED) is 0.828. The number of primary amides is 1. The van der Waals surface area contributed by atoms with Gasteiger partial charge >= 0.3 is 6.03 Å². The van der Waals surface area contributed by atoms with E-state index in [9.17, 15) is 9.59 Å². The largest absolute Gasteiger partial charge is 0.351 e. The van der Waals surface area contributed by atoms with Crippen molar-refractivity contribution in [1.82, 2.24) is 20.1 Å². The SMILES string of the molecule is Cc1ccccc1-n1cnnc1S[C@@H](C)C(=O)NC(N)=O. The summed E-state index contributed by atoms with van der Waals surface area (Å²) in [5.74, 6) is -0.466. The summed E-state index contributed by atoms with van der Waals surface area (Å²) in [6.45, 7) is 3.65. The predicted molar refractivity (Wildman–Crippen MR) is 79.1 cm³/mol. The number of nitrogens with zero attached hydrogens (tertiary/aromatic N) is 3. The number of hydrogen-bond donors (Lipinski definition) is 2. The monoisotopic (exact) mass is 305 g/mol. The van der Waals surface area contributed by atoms with Crippen molar-refractivity contribution in [2.24, 2.45) is 5.73 Å². The molecule has 0 spiro atoms. The number of imide groups is 1. The molecule has 2 rings (SSSR count). The Kier molecular flexibility index (Phi) is 4.59. The molecule has 3 amide bonds. The van der Waals surface area contributed by atoms with Crippen LogP contribution in [0.1, 0.15) is 12.5 Å². The molecule has 0 radical (unpaired) electrons. The summed E-state index contributed by atoms with van der Waals surface area (Å²) >= 11 is 1.20. The molecule has 0 saturated carbocycles. The molecule has 7 nitrogen and oxygen atoms in total. The van der Waals surface area contributed by atoms with Gasteiger partial charge in [0.15, 0.2) is 5.16 Å². The zero-order chi connectivity index (χ0) is 15.4. The van der Waals surface area contributed by atoms with Crippen LogP contribution in [0.3, 0.4) is 0 Å². The highest BCUT2D eigenvalue weighted by Gasteiger charge is 2.19. The number of carbonyl (C=O) groups excluding carboxylic acids is 2. The van der Waals surface area contributed by atoms with E-state index in [4.69, 9.17) is 5.73 Å². The molecule has 0 aliphatic rings. The second-order valence-corrected chi connectivity index (χ2v) is 5.69. The molecule has 0 aliphatic carbocycles. The number of para-hydroxylation sites is 1. The highest BCUT2D eigenvalue weighted by atomic mass is 32.2. The molecule has 0 saturated heterocycles. The fourth-order valence-electron chi connectivity index (χ4n) is 1.74. The number of nitrogens with two attached hydrogens (primary N) is 1. The molecular formula is C13H15N5O2S. The van der Waals surface area contributed by atoms with Crippen LogP contribution in [-0.2, 0) is 4.79 Å². The number of carbonyl (C=O) groups is 2. The lowest BCUT2D eigenvalue weighted by Crippen LogP contribution is -2.39. The first-order valence-corrected chi connectivity index (χ1v) is 7.10. The van der Waals surface area contributed by atoms with Crippen LogP contribution in [0.5, 0.6) is 0 Å². The number of urea groups is 1. The van der Waals surface area contributed by atoms with Gasteiger partial charge in [-0.2, -0.15) is 0 Å². The standard InChI is InChI=1S/C13H15N5O2S/c1-8-5-3-4-6-10(8)18-7-15-17-13(18)21-9(2)11(19)16-12(14)20/h3-7,9H,1-2H3,(H3,14,16,19,20)/t9-/m0/s1. The van der Waals surface area contributed by atoms with Gasteiger partial charge < -0.3 is 5.73 Å². The first-order valence-electron chi connectivity index (χ1n) is 6.22. The number of aromatic nitrogens is 3. The van der Waals surface area contributed by atoms with Gasteiger partial charge in [-0.25, -0.2) is 4.79 Å². The van der Waals surface area contributed by atoms with E-state index in [2.05, 4.69) is 10.2 Å². The molecular weight excluding hydrogens is 290 g/mol. The molecule has 0 bridgehead atoms. The van der Waals surface area contributed by atoms with E-state index >= 15 is 0 Å². The van der Waals surface area contributed by atoms with Gasteiger partial charge in [-0.15, -0.1) is 10.2 Å². The molecule has 21 heavy (non-hydrogen) atoms. The first kappa shape index (κ1) is 15.0. The first-order chi connectivity index (χ1) is 9.99. The van der Waals surface area contributed by atoms with Crippen molar-refractivity contribution in [3.05, 3.63) is 36.2 Å². The van der Waals surface area contributed by atoms with Crippen LogP contribution in [0.2, 0.25) is 0 Å². The predicted octanol–water partition coefficient (Wildman–Crippen LogP) is 1.25. The number of aryl methyl sites for hydroxylation is 1. The lowest BCUT2D eigenvalue weighted by molar-refractivity contribution is -0.119. The molecule has 1 aromatic heterocycles. The van der Waals surface area contributed by atoms with Gasteiger partial charge in [0.05, 0.1) is 10.9 Å². The maximum Gasteiger partial charge on any atom is 0.318 e. The highest BCUT2D eigenvalue weighted by Crippen LogP contribution is 2.25. The third kappa shape index (κ3) is 3.60. The van der Waals surface area contributed by atoms with Crippen molar-refractivity contribution >= 4 is 23.7 Å². The Bertz CT molecular complexity index is 670. The molecule has 0 fully saturated rings. The number of benzene rings is 1. The summed E-state index contributed by atoms with van der Waals surface area (Å²) in [6, 6.07) is 6.91. The van der Waals surface area contributed by atoms with Crippen LogP contribution in [0, 0.1) is 6.92 Å². The van der Waals surface area contributed by atoms with Crippen LogP contribution in [0.25, 0.3) is 5.69 Å². The molecule has 0 aliphatic heterocycles. The topological polar surface area (TPSA) is 103 Å². The fraction of sp³-hybridized carbons (Fsp3) is 0.231. The molecule has 1 heterocycles. The van der Waals surface area contributed by atoms with Crippen LogP contribution in [-0.4, -0.2) is 32.0 Å². The Hall–Kier alpha value is -2.35. The van der Waals surface area contributed by atoms with Crippen molar-refractivity contribution in [3.8, 4) is 5.69 Å². The summed E-state index contributed by atoms with van der Waals surface area (Å²) in [4.78, 5) is 22.4. The van der Waals surface area contributed by atoms with Crippen LogP contribution in [0.15, 0.2) is 35.7 Å². The summed E-state index contributed by atoms with van der Waals surface area (Å²) < 4.78 is 1.80. The number of amides is 3. The average molecular weight is 305 g/mol. The zero-order valence-electron chi connectivity index (χ0n) is 11.6. The summed E-state index contributed by atoms with van der Waals surface area (Å²) in [6.07, 6.45) is 1.59. The van der Waals surface area contributed by atoms with E-state index < -0.39 is 17.2 Å². The van der Waals surface area contributed by atoms with Gasteiger partial charge in [-0.1, -0.05) is 30.0 Å². The number of nitrogens with one attached hydrogen (secondary N) is 1. The molecule has 0 unspecified atom stereocenters. The van der Waals surface area contributed by atoms with E-state index in [1.54, 1.807) is 17.8 Å². The van der Waals surface area contributed by atoms with Crippen molar-refractivity contribution in [2.45, 2.75) is 24.3 Å². The van der Waals surface area contributed by atoms with Crippen LogP contribution < -0.4 is 11.1 Å². The van der Waals surface area contributed by atoms with E-state index in [0.717, 1.165) is 11.3 Å². The van der Waals surface area contributed by atoms with Crippen molar-refractivity contribution in [1.29, 1.82) is 0 Å². The lowest BCUT2D eigenvalue weighted by atomic mass is 10.2. The molecule has 8 heteroatoms. The van der Waals surface area contributed by atoms with Gasteiger partial charge in [-0.3, -0.25) is 14.7 Å². The van der Waals surface area contributed by atoms with Crippen LogP contribution in [0.4, 0.5) is 4.79 Å². The Morgan fingerprint density at radius 1 is 1.38 bits per heavy atom. The second kappa shape index (κ2) is 6.40. The zero-order valence-corrected chi connectivity index (χ0v) is 12.4. The molecule has 1 aromatic carbocycles. The third-order valence-electron chi connectivity index (χ3n) is 2.79. The minimum absolute atomic E-state index is 0.466. The minimum Gasteiger partial charge on any atom is -0.351 e. The van der Waals surface area contributed by atoms with Gasteiger partial charge in [-0.05, 0) is 25.5 Å². The minimum atomic E-state index is -0.868. The maximum atomic E-state index is 11.7. The highest BCUT2D eigenvalue weighted by molar-refractivity contribution is 8.00. The van der Waals surface area contributed by atoms with Crippen molar-refractivity contribution in [3.63, 3.8) is 0 Å². The molecule has 2 aromatic rings. The lowest BCUT2D eigenvalue weighted by Gasteiger charge is -2.12. The van der Waals surface area contributed by atoms with Gasteiger partial charge in [0.2, 0.25) is 5.91 Å². The summed E-state index contributed by atoms with van der Waals surface area (Å²) in [7, 11) is 0. The normalized spacial score (nSPS) is 11.9. The third-order valence-corrected chi connectivity index (χ3v) is 3.85. The summed E-state index contributed by atoms with van der Waals surface area (Å²) in [5, 5.41) is 9.99. The Morgan fingerprint density at radius 2 is 2.10 bits per heavy atom. The maximum absolute atomic E-state index is 11.7. The Labute approximate surface area is 125 Å². The number of hydrogen-bond acceptors (Lipinski definition) is 5. The van der Waals surface area contributed by atoms with Gasteiger partial charge in [0.1, 0.15) is 6.33 Å². The average Bonchev–Trinajstić information content (AvgIpc) is 2.86. The number of rotatable bonds is 4. The van der Waals surface area contributed by atoms with Gasteiger partial charge in [0, 0.05) is 0 Å². The van der Waals surface area contributed by atoms with Crippen LogP contribution >= 0.6 is 11.8 Å². The number of thioether (sulfide) groups is 1. The van der Waals surface area contributed by atoms with E-state index in [-0.39, 0.29) is 0 Å². The Morgan fingerprint density at radius 3 is 2.76 bits per heavy atom. The molecule has 1 atom stereocenters. The van der Waals surface area contributed by atoms with E-state index in [1.165, 1.54) is 11.8 Å². The fourth-order valence-corrected chi connectivity index (χ4v) is 2.57. The molecule has 3 N–H and O–H groups in total. The van der Waals surface area contributed by atoms with E-state index in [1.807, 2.05) is 36.5 Å². The van der Waals surface area contributed by atoms with E-state index in [0.29, 0.717) is 5.16 Å². The second-order valence-electron chi connectivity index (χ2n) is 4.38. The van der Waals surface area contributed by atoms with Gasteiger partial charge in [0.25, 0.3) is 0 Å². The summed E-state index contributed by atoms with van der Waals surface area (Å²) in [5.41, 5.74) is 6.93. The van der Waals surface area contributed by atoms with Crippen molar-refractivity contribution < 1.29 is 9.59 Å².